The lowest BCUT2D eigenvalue weighted by Gasteiger charge is -2.09. The maximum Gasteiger partial charge on any atom is 0.338 e. The lowest BCUT2D eigenvalue weighted by Crippen LogP contribution is -2.07. The summed E-state index contributed by atoms with van der Waals surface area (Å²) in [7, 11) is 0. The topological polar surface area (TPSA) is 91.3 Å². The van der Waals surface area contributed by atoms with Crippen molar-refractivity contribution in [3.05, 3.63) is 87.4 Å². The van der Waals surface area contributed by atoms with Crippen LogP contribution in [0.1, 0.15) is 50.6 Å². The van der Waals surface area contributed by atoms with E-state index in [2.05, 4.69) is 21.8 Å². The van der Waals surface area contributed by atoms with Crippen LogP contribution in [0.15, 0.2) is 60.2 Å². The smallest absolute Gasteiger partial charge is 0.338 e. The molecule has 0 fully saturated rings. The van der Waals surface area contributed by atoms with Crippen LogP contribution in [0.2, 0.25) is 0 Å². The van der Waals surface area contributed by atoms with Crippen LogP contribution in [-0.4, -0.2) is 40.1 Å². The van der Waals surface area contributed by atoms with Crippen LogP contribution in [-0.2, 0) is 9.47 Å². The molecule has 0 N–H and O–H groups in total. The van der Waals surface area contributed by atoms with Crippen LogP contribution in [0.5, 0.6) is 0 Å². The van der Waals surface area contributed by atoms with E-state index in [9.17, 15) is 9.59 Å². The number of esters is 2. The van der Waals surface area contributed by atoms with E-state index in [1.54, 1.807) is 55.6 Å². The highest BCUT2D eigenvalue weighted by Crippen LogP contribution is 2.25. The van der Waals surface area contributed by atoms with Gasteiger partial charge in [0.1, 0.15) is 0 Å². The molecule has 0 atom stereocenters. The van der Waals surface area contributed by atoms with E-state index in [4.69, 9.17) is 14.5 Å². The van der Waals surface area contributed by atoms with Crippen LogP contribution in [0.4, 0.5) is 0 Å². The van der Waals surface area contributed by atoms with Gasteiger partial charge in [-0.15, -0.1) is 11.3 Å². The van der Waals surface area contributed by atoms with E-state index in [0.29, 0.717) is 33.9 Å². The predicted molar refractivity (Wildman–Crippen MR) is 138 cm³/mol. The van der Waals surface area contributed by atoms with Gasteiger partial charge in [-0.3, -0.25) is 9.97 Å². The maximum atomic E-state index is 12.6. The van der Waals surface area contributed by atoms with E-state index < -0.39 is 11.9 Å². The molecule has 0 saturated heterocycles. The molecule has 7 nitrogen and oxygen atoms in total. The van der Waals surface area contributed by atoms with Crippen LogP contribution in [0.3, 0.4) is 0 Å². The summed E-state index contributed by atoms with van der Waals surface area (Å²) in [6.45, 7) is 5.99. The van der Waals surface area contributed by atoms with Crippen molar-refractivity contribution in [1.29, 1.82) is 0 Å². The molecular weight excluding hydrogens is 474 g/mol. The molecule has 4 heterocycles. The number of hydrogen-bond donors (Lipinski definition) is 0. The number of ether oxygens (including phenoxy) is 2. The minimum Gasteiger partial charge on any atom is -0.462 e. The SMILES string of the molecule is CCOC(=O)c1ccnc(-c2cc(C(=O)OCC)cc(-c3cc(C#Cc4sccc4C)ccn3)n2)c1. The van der Waals surface area contributed by atoms with Crippen molar-refractivity contribution in [2.75, 3.05) is 13.2 Å². The summed E-state index contributed by atoms with van der Waals surface area (Å²) in [6.07, 6.45) is 3.15. The fourth-order valence-corrected chi connectivity index (χ4v) is 4.09. The van der Waals surface area contributed by atoms with Crippen molar-refractivity contribution in [3.63, 3.8) is 0 Å². The van der Waals surface area contributed by atoms with Crippen molar-refractivity contribution >= 4 is 23.3 Å². The number of carbonyl (C=O) groups excluding carboxylic acids is 2. The fraction of sp³-hybridized carbons (Fsp3) is 0.179. The highest BCUT2D eigenvalue weighted by Gasteiger charge is 2.16. The van der Waals surface area contributed by atoms with Gasteiger partial charge in [-0.1, -0.05) is 11.8 Å². The van der Waals surface area contributed by atoms with Gasteiger partial charge in [0.05, 0.1) is 52.0 Å². The first-order valence-corrected chi connectivity index (χ1v) is 12.2. The molecule has 0 aliphatic rings. The van der Waals surface area contributed by atoms with Crippen molar-refractivity contribution in [2.45, 2.75) is 20.8 Å². The lowest BCUT2D eigenvalue weighted by molar-refractivity contribution is 0.0516. The highest BCUT2D eigenvalue weighted by molar-refractivity contribution is 7.10. The van der Waals surface area contributed by atoms with Crippen LogP contribution < -0.4 is 0 Å². The Balaban J connectivity index is 1.77. The minimum atomic E-state index is -0.493. The summed E-state index contributed by atoms with van der Waals surface area (Å²) < 4.78 is 10.3. The third-order valence-corrected chi connectivity index (χ3v) is 6.01. The van der Waals surface area contributed by atoms with E-state index in [0.717, 1.165) is 16.0 Å². The number of rotatable bonds is 6. The monoisotopic (exact) mass is 497 g/mol. The van der Waals surface area contributed by atoms with Crippen molar-refractivity contribution in [2.24, 2.45) is 0 Å². The van der Waals surface area contributed by atoms with Gasteiger partial charge < -0.3 is 9.47 Å². The third-order valence-electron chi connectivity index (χ3n) is 5.07. The summed E-state index contributed by atoms with van der Waals surface area (Å²) in [5.74, 6) is 5.41. The molecule has 0 aliphatic carbocycles. The van der Waals surface area contributed by atoms with Gasteiger partial charge in [0.2, 0.25) is 0 Å². The standard InChI is InChI=1S/C28H23N3O4S/c1-4-34-27(32)20-9-12-30-23(15-20)25-17-21(28(33)35-5-2)16-24(31-25)22-14-19(8-11-29-22)6-7-26-18(3)10-13-36-26/h8-17H,4-5H2,1-3H3. The second-order valence-electron chi connectivity index (χ2n) is 7.61. The molecule has 0 unspecified atom stereocenters. The zero-order valence-corrected chi connectivity index (χ0v) is 20.9. The predicted octanol–water partition coefficient (Wildman–Crippen LogP) is 5.33. The number of aryl methyl sites for hydroxylation is 1. The Morgan fingerprint density at radius 1 is 0.806 bits per heavy atom. The molecular formula is C28H23N3O4S. The van der Waals surface area contributed by atoms with Crippen molar-refractivity contribution < 1.29 is 19.1 Å². The molecule has 0 amide bonds. The van der Waals surface area contributed by atoms with Crippen molar-refractivity contribution in [1.82, 2.24) is 15.0 Å². The molecule has 8 heteroatoms. The van der Waals surface area contributed by atoms with E-state index in [1.807, 2.05) is 30.5 Å². The van der Waals surface area contributed by atoms with Crippen LogP contribution in [0.25, 0.3) is 22.8 Å². The first kappa shape index (κ1) is 24.8. The van der Waals surface area contributed by atoms with Gasteiger partial charge >= 0.3 is 11.9 Å². The first-order chi connectivity index (χ1) is 17.5. The van der Waals surface area contributed by atoms with Crippen LogP contribution >= 0.6 is 11.3 Å². The molecule has 36 heavy (non-hydrogen) atoms. The molecule has 4 aromatic heterocycles. The Morgan fingerprint density at radius 2 is 1.42 bits per heavy atom. The second-order valence-corrected chi connectivity index (χ2v) is 8.53. The normalized spacial score (nSPS) is 10.3. The number of nitrogens with zero attached hydrogens (tertiary/aromatic N) is 3. The first-order valence-electron chi connectivity index (χ1n) is 11.3. The van der Waals surface area contributed by atoms with Crippen LogP contribution in [0, 0.1) is 18.8 Å². The van der Waals surface area contributed by atoms with Crippen molar-refractivity contribution in [3.8, 4) is 34.6 Å². The molecule has 180 valence electrons. The average Bonchev–Trinajstić information content (AvgIpc) is 3.32. The van der Waals surface area contributed by atoms with Gasteiger partial charge in [0.25, 0.3) is 0 Å². The molecule has 0 aromatic carbocycles. The summed E-state index contributed by atoms with van der Waals surface area (Å²) in [5, 5.41) is 2.01. The molecule has 4 rings (SSSR count). The highest BCUT2D eigenvalue weighted by atomic mass is 32.1. The molecule has 0 aliphatic heterocycles. The zero-order chi connectivity index (χ0) is 25.5. The number of hydrogen-bond acceptors (Lipinski definition) is 8. The number of carbonyl (C=O) groups is 2. The molecule has 4 aromatic rings. The second kappa shape index (κ2) is 11.4. The maximum absolute atomic E-state index is 12.6. The minimum absolute atomic E-state index is 0.230. The molecule has 0 saturated carbocycles. The Labute approximate surface area is 213 Å². The van der Waals surface area contributed by atoms with Gasteiger partial charge in [-0.05, 0) is 74.2 Å². The summed E-state index contributed by atoms with van der Waals surface area (Å²) in [6, 6.07) is 12.0. The van der Waals surface area contributed by atoms with E-state index in [1.165, 1.54) is 6.20 Å². The van der Waals surface area contributed by atoms with E-state index >= 15 is 0 Å². The third kappa shape index (κ3) is 5.82. The number of thiophene rings is 1. The van der Waals surface area contributed by atoms with Gasteiger partial charge in [0, 0.05) is 18.0 Å². The van der Waals surface area contributed by atoms with E-state index in [-0.39, 0.29) is 13.2 Å². The summed E-state index contributed by atoms with van der Waals surface area (Å²) >= 11 is 1.59. The molecule has 0 spiro atoms. The number of aromatic nitrogens is 3. The van der Waals surface area contributed by atoms with Gasteiger partial charge in [-0.2, -0.15) is 0 Å². The summed E-state index contributed by atoms with van der Waals surface area (Å²) in [4.78, 5) is 39.3. The lowest BCUT2D eigenvalue weighted by atomic mass is 10.1. The quantitative estimate of drug-likeness (QED) is 0.263. The Kier molecular flexibility index (Phi) is 7.83. The summed E-state index contributed by atoms with van der Waals surface area (Å²) in [5.41, 5.74) is 4.34. The van der Waals surface area contributed by atoms with Gasteiger partial charge in [0.15, 0.2) is 0 Å². The Morgan fingerprint density at radius 3 is 2.06 bits per heavy atom. The average molecular weight is 498 g/mol. The Bertz CT molecular complexity index is 1480. The molecule has 0 bridgehead atoms. The zero-order valence-electron chi connectivity index (χ0n) is 20.1. The Hall–Kier alpha value is -4.35. The largest absolute Gasteiger partial charge is 0.462 e. The number of pyridine rings is 3. The van der Waals surface area contributed by atoms with Gasteiger partial charge in [-0.25, -0.2) is 14.6 Å². The molecule has 0 radical (unpaired) electrons. The fourth-order valence-electron chi connectivity index (χ4n) is 3.32.